The van der Waals surface area contributed by atoms with Crippen LogP contribution in [-0.2, 0) is 10.0 Å². The van der Waals surface area contributed by atoms with Crippen LogP contribution in [0.25, 0.3) is 0 Å². The molecule has 0 spiro atoms. The first-order valence-electron chi connectivity index (χ1n) is 6.24. The van der Waals surface area contributed by atoms with E-state index >= 15 is 0 Å². The van der Waals surface area contributed by atoms with Crippen molar-refractivity contribution in [1.82, 2.24) is 4.31 Å². The van der Waals surface area contributed by atoms with Crippen molar-refractivity contribution in [3.05, 3.63) is 28.8 Å². The van der Waals surface area contributed by atoms with Gasteiger partial charge in [-0.25, -0.2) is 8.42 Å². The molecule has 1 aliphatic heterocycles. The van der Waals surface area contributed by atoms with Gasteiger partial charge in [-0.1, -0.05) is 11.6 Å². The predicted molar refractivity (Wildman–Crippen MR) is 74.7 cm³/mol. The van der Waals surface area contributed by atoms with Gasteiger partial charge in [0.1, 0.15) is 6.07 Å². The van der Waals surface area contributed by atoms with Gasteiger partial charge in [-0.15, -0.1) is 0 Å². The number of aliphatic hydroxyl groups is 1. The lowest BCUT2D eigenvalue weighted by molar-refractivity contribution is 0.133. The van der Waals surface area contributed by atoms with E-state index in [0.29, 0.717) is 19.5 Å². The highest BCUT2D eigenvalue weighted by atomic mass is 35.5. The lowest BCUT2D eigenvalue weighted by atomic mass is 10.0. The quantitative estimate of drug-likeness (QED) is 0.919. The molecule has 1 aliphatic rings. The van der Waals surface area contributed by atoms with Gasteiger partial charge in [0.2, 0.25) is 10.0 Å². The first kappa shape index (κ1) is 15.3. The molecule has 1 aromatic rings. The number of aliphatic hydroxyl groups excluding tert-OH is 1. The molecule has 5 nitrogen and oxygen atoms in total. The van der Waals surface area contributed by atoms with Crippen LogP contribution in [0.1, 0.15) is 18.9 Å². The lowest BCUT2D eigenvalue weighted by Crippen LogP contribution is -2.30. The van der Waals surface area contributed by atoms with E-state index in [9.17, 15) is 13.5 Å². The Morgan fingerprint density at radius 1 is 1.55 bits per heavy atom. The van der Waals surface area contributed by atoms with Gasteiger partial charge in [0.05, 0.1) is 21.6 Å². The topological polar surface area (TPSA) is 81.4 Å². The Morgan fingerprint density at radius 2 is 2.25 bits per heavy atom. The van der Waals surface area contributed by atoms with Gasteiger partial charge in [0.15, 0.2) is 0 Å². The zero-order valence-electron chi connectivity index (χ0n) is 11.0. The highest BCUT2D eigenvalue weighted by Gasteiger charge is 2.34. The van der Waals surface area contributed by atoms with Gasteiger partial charge in [-0.05, 0) is 37.5 Å². The molecule has 1 aromatic carbocycles. The molecule has 0 radical (unpaired) electrons. The maximum absolute atomic E-state index is 12.5. The van der Waals surface area contributed by atoms with Crippen molar-refractivity contribution < 1.29 is 13.5 Å². The van der Waals surface area contributed by atoms with Gasteiger partial charge in [0, 0.05) is 13.1 Å². The smallest absolute Gasteiger partial charge is 0.243 e. The van der Waals surface area contributed by atoms with Crippen LogP contribution in [0.15, 0.2) is 23.1 Å². The van der Waals surface area contributed by atoms with Crippen LogP contribution >= 0.6 is 11.6 Å². The number of hydrogen-bond donors (Lipinski definition) is 1. The second-order valence-electron chi connectivity index (χ2n) is 4.91. The fourth-order valence-corrected chi connectivity index (χ4v) is 4.09. The molecule has 1 heterocycles. The Labute approximate surface area is 123 Å². The fraction of sp³-hybridized carbons (Fsp3) is 0.462. The summed E-state index contributed by atoms with van der Waals surface area (Å²) in [4.78, 5) is 0.0766. The molecule has 20 heavy (non-hydrogen) atoms. The number of halogens is 1. The molecule has 0 amide bonds. The molecule has 2 atom stereocenters. The van der Waals surface area contributed by atoms with E-state index in [1.165, 1.54) is 22.5 Å². The summed E-state index contributed by atoms with van der Waals surface area (Å²) < 4.78 is 26.3. The summed E-state index contributed by atoms with van der Waals surface area (Å²) in [5.74, 6) is -0.0429. The Hall–Kier alpha value is -1.13. The lowest BCUT2D eigenvalue weighted by Gasteiger charge is -2.18. The normalized spacial score (nSPS) is 21.6. The molecule has 2 rings (SSSR count). The predicted octanol–water partition coefficient (Wildman–Crippen LogP) is 1.60. The average Bonchev–Trinajstić information content (AvgIpc) is 2.89. The van der Waals surface area contributed by atoms with Gasteiger partial charge in [-0.2, -0.15) is 9.57 Å². The molecule has 7 heteroatoms. The van der Waals surface area contributed by atoms with Crippen molar-refractivity contribution in [3.8, 4) is 6.07 Å². The van der Waals surface area contributed by atoms with Gasteiger partial charge < -0.3 is 5.11 Å². The first-order valence-corrected chi connectivity index (χ1v) is 8.06. The third kappa shape index (κ3) is 2.81. The van der Waals surface area contributed by atoms with Crippen LogP contribution in [0.5, 0.6) is 0 Å². The number of hydrogen-bond acceptors (Lipinski definition) is 4. The van der Waals surface area contributed by atoms with Crippen molar-refractivity contribution in [2.75, 3.05) is 13.1 Å². The number of sulfonamides is 1. The molecule has 108 valence electrons. The minimum absolute atomic E-state index is 0.0429. The van der Waals surface area contributed by atoms with Crippen LogP contribution in [0.4, 0.5) is 0 Å². The Balaban J connectivity index is 2.28. The maximum Gasteiger partial charge on any atom is 0.243 e. The molecule has 1 N–H and O–H groups in total. The van der Waals surface area contributed by atoms with E-state index < -0.39 is 16.1 Å². The number of rotatable bonds is 3. The largest absolute Gasteiger partial charge is 0.393 e. The summed E-state index contributed by atoms with van der Waals surface area (Å²) in [6.45, 7) is 2.35. The summed E-state index contributed by atoms with van der Waals surface area (Å²) in [5, 5.41) is 18.5. The Morgan fingerprint density at radius 3 is 2.75 bits per heavy atom. The van der Waals surface area contributed by atoms with Crippen LogP contribution in [0, 0.1) is 17.2 Å². The summed E-state index contributed by atoms with van der Waals surface area (Å²) in [6, 6.07) is 5.97. The van der Waals surface area contributed by atoms with Crippen LogP contribution < -0.4 is 0 Å². The highest BCUT2D eigenvalue weighted by molar-refractivity contribution is 7.89. The summed E-state index contributed by atoms with van der Waals surface area (Å²) in [6.07, 6.45) is 0.112. The zero-order chi connectivity index (χ0) is 14.9. The second kappa shape index (κ2) is 5.70. The van der Waals surface area contributed by atoms with Crippen LogP contribution in [0.3, 0.4) is 0 Å². The molecule has 0 aromatic heterocycles. The van der Waals surface area contributed by atoms with E-state index in [2.05, 4.69) is 0 Å². The zero-order valence-corrected chi connectivity index (χ0v) is 12.5. The van der Waals surface area contributed by atoms with Crippen molar-refractivity contribution in [3.63, 3.8) is 0 Å². The van der Waals surface area contributed by atoms with Gasteiger partial charge in [-0.3, -0.25) is 0 Å². The molecule has 0 bridgehead atoms. The van der Waals surface area contributed by atoms with Crippen molar-refractivity contribution in [2.45, 2.75) is 24.3 Å². The SMILES string of the molecule is CC(O)C1CCN(S(=O)(=O)c2ccc(C#N)c(Cl)c2)C1. The fourth-order valence-electron chi connectivity index (χ4n) is 2.26. The third-order valence-electron chi connectivity index (χ3n) is 3.57. The summed E-state index contributed by atoms with van der Waals surface area (Å²) in [5.41, 5.74) is 0.244. The number of nitriles is 1. The maximum atomic E-state index is 12.5. The molecule has 0 aliphatic carbocycles. The summed E-state index contributed by atoms with van der Waals surface area (Å²) >= 11 is 5.88. The minimum Gasteiger partial charge on any atom is -0.393 e. The van der Waals surface area contributed by atoms with E-state index in [1.807, 2.05) is 6.07 Å². The van der Waals surface area contributed by atoms with E-state index in [4.69, 9.17) is 16.9 Å². The Bertz CT molecular complexity index is 652. The second-order valence-corrected chi connectivity index (χ2v) is 7.25. The van der Waals surface area contributed by atoms with Crippen LogP contribution in [0.2, 0.25) is 5.02 Å². The standard InChI is InChI=1S/C13H15ClN2O3S/c1-9(17)11-4-5-16(8-11)20(18,19)12-3-2-10(7-15)13(14)6-12/h2-3,6,9,11,17H,4-5,8H2,1H3. The molecule has 2 unspecified atom stereocenters. The monoisotopic (exact) mass is 314 g/mol. The number of benzene rings is 1. The van der Waals surface area contributed by atoms with E-state index in [0.717, 1.165) is 0 Å². The molecule has 1 saturated heterocycles. The first-order chi connectivity index (χ1) is 9.36. The molecular weight excluding hydrogens is 300 g/mol. The van der Waals surface area contributed by atoms with Gasteiger partial charge in [0.25, 0.3) is 0 Å². The van der Waals surface area contributed by atoms with Crippen molar-refractivity contribution >= 4 is 21.6 Å². The van der Waals surface area contributed by atoms with Crippen molar-refractivity contribution in [1.29, 1.82) is 5.26 Å². The third-order valence-corrected chi connectivity index (χ3v) is 5.74. The van der Waals surface area contributed by atoms with E-state index in [-0.39, 0.29) is 21.4 Å². The van der Waals surface area contributed by atoms with Crippen LogP contribution in [-0.4, -0.2) is 37.0 Å². The number of nitrogens with zero attached hydrogens (tertiary/aromatic N) is 2. The minimum atomic E-state index is -3.62. The average molecular weight is 315 g/mol. The summed E-state index contributed by atoms with van der Waals surface area (Å²) in [7, 11) is -3.62. The Kier molecular flexibility index (Phi) is 4.35. The molecule has 1 fully saturated rings. The molecule has 0 saturated carbocycles. The highest BCUT2D eigenvalue weighted by Crippen LogP contribution is 2.28. The molecular formula is C13H15ClN2O3S. The van der Waals surface area contributed by atoms with E-state index in [1.54, 1.807) is 6.92 Å². The van der Waals surface area contributed by atoms with Crippen molar-refractivity contribution in [2.24, 2.45) is 5.92 Å². The van der Waals surface area contributed by atoms with Gasteiger partial charge >= 0.3 is 0 Å².